The van der Waals surface area contributed by atoms with Crippen molar-refractivity contribution in [2.24, 2.45) is 0 Å². The third-order valence-corrected chi connectivity index (χ3v) is 6.23. The molecule has 1 rings (SSSR count). The first-order chi connectivity index (χ1) is 11.0. The van der Waals surface area contributed by atoms with Crippen molar-refractivity contribution in [3.63, 3.8) is 0 Å². The normalized spacial score (nSPS) is 11.6. The van der Waals surface area contributed by atoms with Crippen LogP contribution in [0.5, 0.6) is 11.5 Å². The van der Waals surface area contributed by atoms with Gasteiger partial charge in [-0.15, -0.1) is 0 Å². The molecule has 6 heteroatoms. The number of benzene rings is 1. The van der Waals surface area contributed by atoms with Crippen LogP contribution in [0.25, 0.3) is 6.08 Å². The summed E-state index contributed by atoms with van der Waals surface area (Å²) >= 11 is 0. The zero-order valence-corrected chi connectivity index (χ0v) is 15.8. The topological polar surface area (TPSA) is 46.2 Å². The highest BCUT2D eigenvalue weighted by Gasteiger charge is 2.36. The molecule has 0 bridgehead atoms. The van der Waals surface area contributed by atoms with Crippen LogP contribution in [0.4, 0.5) is 0 Å². The van der Waals surface area contributed by atoms with Crippen molar-refractivity contribution in [1.82, 2.24) is 0 Å². The molecule has 0 fully saturated rings. The van der Waals surface area contributed by atoms with Crippen LogP contribution in [0.1, 0.15) is 25.8 Å². The molecule has 0 atom stereocenters. The molecule has 130 valence electrons. The van der Waals surface area contributed by atoms with E-state index in [1.165, 1.54) is 0 Å². The van der Waals surface area contributed by atoms with Crippen molar-refractivity contribution in [3.8, 4) is 11.5 Å². The summed E-state index contributed by atoms with van der Waals surface area (Å²) in [5.41, 5.74) is 0.922. The van der Waals surface area contributed by atoms with Crippen molar-refractivity contribution in [2.75, 3.05) is 27.9 Å². The molecule has 0 heterocycles. The maximum absolute atomic E-state index is 5.89. The summed E-state index contributed by atoms with van der Waals surface area (Å²) < 4.78 is 28.0. The van der Waals surface area contributed by atoms with E-state index < -0.39 is 8.80 Å². The highest BCUT2D eigenvalue weighted by Crippen LogP contribution is 2.33. The van der Waals surface area contributed by atoms with Gasteiger partial charge >= 0.3 is 8.80 Å². The number of hydrogen-bond donors (Lipinski definition) is 0. The van der Waals surface area contributed by atoms with Crippen LogP contribution in [0, 0.1) is 0 Å². The Hall–Kier alpha value is -1.34. The predicted molar refractivity (Wildman–Crippen MR) is 94.0 cm³/mol. The van der Waals surface area contributed by atoms with Crippen LogP contribution in [0.3, 0.4) is 0 Å². The quantitative estimate of drug-likeness (QED) is 0.453. The van der Waals surface area contributed by atoms with E-state index >= 15 is 0 Å². The van der Waals surface area contributed by atoms with E-state index in [0.717, 1.165) is 23.5 Å². The summed E-state index contributed by atoms with van der Waals surface area (Å²) in [6.45, 7) is 8.32. The van der Waals surface area contributed by atoms with Crippen molar-refractivity contribution in [3.05, 3.63) is 30.3 Å². The van der Waals surface area contributed by atoms with E-state index in [0.29, 0.717) is 12.7 Å². The fraction of sp³-hybridized carbons (Fsp3) is 0.529. The van der Waals surface area contributed by atoms with E-state index in [1.54, 1.807) is 27.4 Å². The Morgan fingerprint density at radius 3 is 2.30 bits per heavy atom. The van der Waals surface area contributed by atoms with Gasteiger partial charge in [0, 0.05) is 32.9 Å². The molecule has 5 nitrogen and oxygen atoms in total. The third kappa shape index (κ3) is 5.66. The summed E-state index contributed by atoms with van der Waals surface area (Å²) in [6.07, 6.45) is 2.60. The molecule has 23 heavy (non-hydrogen) atoms. The van der Waals surface area contributed by atoms with Crippen molar-refractivity contribution < 1.29 is 22.8 Å². The maximum atomic E-state index is 5.89. The highest BCUT2D eigenvalue weighted by molar-refractivity contribution is 6.60. The zero-order chi connectivity index (χ0) is 17.3. The molecule has 0 radical (unpaired) electrons. The van der Waals surface area contributed by atoms with Gasteiger partial charge < -0.3 is 22.8 Å². The fourth-order valence-electron chi connectivity index (χ4n) is 2.20. The molecule has 1 aromatic rings. The Labute approximate surface area is 140 Å². The molecule has 0 saturated heterocycles. The van der Waals surface area contributed by atoms with Crippen molar-refractivity contribution in [1.29, 1.82) is 0 Å². The van der Waals surface area contributed by atoms with Crippen LogP contribution in [-0.2, 0) is 13.3 Å². The molecule has 0 aliphatic rings. The van der Waals surface area contributed by atoms with E-state index in [4.69, 9.17) is 22.8 Å². The second kappa shape index (κ2) is 9.72. The number of rotatable bonds is 11. The van der Waals surface area contributed by atoms with Gasteiger partial charge in [0.25, 0.3) is 0 Å². The SMILES string of the molecule is C=Cc1cccc(OCCC[Si](OC)(OC)OC)c1OC(C)C. The maximum Gasteiger partial charge on any atom is 0.500 e. The second-order valence-corrected chi connectivity index (χ2v) is 8.38. The smallest absolute Gasteiger partial charge is 0.490 e. The van der Waals surface area contributed by atoms with Gasteiger partial charge in [0.2, 0.25) is 0 Å². The van der Waals surface area contributed by atoms with Gasteiger partial charge in [-0.2, -0.15) is 0 Å². The average molecular weight is 340 g/mol. The minimum Gasteiger partial charge on any atom is -0.490 e. The predicted octanol–water partition coefficient (Wildman–Crippen LogP) is 3.76. The molecule has 0 unspecified atom stereocenters. The van der Waals surface area contributed by atoms with Crippen LogP contribution < -0.4 is 9.47 Å². The Balaban J connectivity index is 2.69. The first kappa shape index (κ1) is 19.7. The summed E-state index contributed by atoms with van der Waals surface area (Å²) in [6, 6.07) is 6.48. The number of hydrogen-bond acceptors (Lipinski definition) is 5. The van der Waals surface area contributed by atoms with E-state index in [2.05, 4.69) is 6.58 Å². The summed E-state index contributed by atoms with van der Waals surface area (Å²) in [5, 5.41) is 0. The van der Waals surface area contributed by atoms with Crippen LogP contribution >= 0.6 is 0 Å². The van der Waals surface area contributed by atoms with E-state index in [1.807, 2.05) is 32.0 Å². The van der Waals surface area contributed by atoms with Gasteiger partial charge in [-0.05, 0) is 26.3 Å². The lowest BCUT2D eigenvalue weighted by atomic mass is 10.2. The van der Waals surface area contributed by atoms with Crippen LogP contribution in [-0.4, -0.2) is 42.8 Å². The van der Waals surface area contributed by atoms with Gasteiger partial charge in [-0.3, -0.25) is 0 Å². The monoisotopic (exact) mass is 340 g/mol. The minimum atomic E-state index is -2.54. The summed E-state index contributed by atoms with van der Waals surface area (Å²) in [5.74, 6) is 1.45. The lowest BCUT2D eigenvalue weighted by molar-refractivity contribution is 0.121. The highest BCUT2D eigenvalue weighted by atomic mass is 28.4. The Morgan fingerprint density at radius 1 is 1.13 bits per heavy atom. The number of para-hydroxylation sites is 1. The van der Waals surface area contributed by atoms with Gasteiger partial charge in [-0.1, -0.05) is 24.8 Å². The Kier molecular flexibility index (Phi) is 8.33. The molecule has 0 N–H and O–H groups in total. The molecule has 0 aliphatic carbocycles. The van der Waals surface area contributed by atoms with E-state index in [-0.39, 0.29) is 6.10 Å². The summed E-state index contributed by atoms with van der Waals surface area (Å²) in [4.78, 5) is 0. The molecule has 0 saturated carbocycles. The van der Waals surface area contributed by atoms with E-state index in [9.17, 15) is 0 Å². The first-order valence-electron chi connectivity index (χ1n) is 7.72. The largest absolute Gasteiger partial charge is 0.500 e. The van der Waals surface area contributed by atoms with Gasteiger partial charge in [-0.25, -0.2) is 0 Å². The lowest BCUT2D eigenvalue weighted by Gasteiger charge is -2.24. The van der Waals surface area contributed by atoms with Crippen LogP contribution in [0.2, 0.25) is 6.04 Å². The lowest BCUT2D eigenvalue weighted by Crippen LogP contribution is -2.42. The molecular weight excluding hydrogens is 312 g/mol. The minimum absolute atomic E-state index is 0.0639. The van der Waals surface area contributed by atoms with Gasteiger partial charge in [0.15, 0.2) is 11.5 Å². The van der Waals surface area contributed by atoms with Crippen LogP contribution in [0.15, 0.2) is 24.8 Å². The molecule has 0 aromatic heterocycles. The molecule has 0 aliphatic heterocycles. The fourth-order valence-corrected chi connectivity index (χ4v) is 3.89. The van der Waals surface area contributed by atoms with Gasteiger partial charge in [0.05, 0.1) is 12.7 Å². The molecular formula is C17H28O5Si. The third-order valence-electron chi connectivity index (χ3n) is 3.40. The number of ether oxygens (including phenoxy) is 2. The van der Waals surface area contributed by atoms with Gasteiger partial charge in [0.1, 0.15) is 0 Å². The Morgan fingerprint density at radius 2 is 1.78 bits per heavy atom. The Bertz CT molecular complexity index is 478. The second-order valence-electron chi connectivity index (χ2n) is 5.29. The zero-order valence-electron chi connectivity index (χ0n) is 14.8. The van der Waals surface area contributed by atoms with Crippen molar-refractivity contribution in [2.45, 2.75) is 32.4 Å². The molecule has 0 amide bonds. The average Bonchev–Trinajstić information content (AvgIpc) is 2.56. The first-order valence-corrected chi connectivity index (χ1v) is 9.65. The van der Waals surface area contributed by atoms with Crippen molar-refractivity contribution >= 4 is 14.9 Å². The summed E-state index contributed by atoms with van der Waals surface area (Å²) in [7, 11) is 2.30. The molecule has 0 spiro atoms. The molecule has 1 aromatic carbocycles. The standard InChI is InChI=1S/C17H28O5Si/c1-7-15-10-8-11-16(17(15)22-14(2)3)21-12-9-13-23(18-4,19-5)20-6/h7-8,10-11,14H,1,9,12-13H2,2-6H3.